The third-order valence-electron chi connectivity index (χ3n) is 4.10. The normalized spacial score (nSPS) is 14.9. The van der Waals surface area contributed by atoms with Gasteiger partial charge in [0.2, 0.25) is 23.6 Å². The molecule has 0 saturated carbocycles. The first-order valence-electron chi connectivity index (χ1n) is 9.22. The van der Waals surface area contributed by atoms with E-state index in [1.165, 1.54) is 11.8 Å². The number of carboxylic acid groups (broad SMARTS) is 1. The van der Waals surface area contributed by atoms with Crippen LogP contribution in [0.3, 0.4) is 0 Å². The van der Waals surface area contributed by atoms with Crippen molar-refractivity contribution in [3.63, 3.8) is 0 Å². The van der Waals surface area contributed by atoms with Gasteiger partial charge in [0, 0.05) is 5.75 Å². The lowest BCUT2D eigenvalue weighted by Gasteiger charge is -2.25. The standard InChI is InChI=1S/C17H31N5O6S2/c1-8(2)13(19)16(26)20-9(4-5-30-3)14(24)22-11(7-29)15(25)21-10(17(27)28)6-12(18)23/h8-11,13,29H,4-7,19H2,1-3H3,(H2,18,23)(H,20,26)(H,21,25)(H,22,24)(H,27,28). The monoisotopic (exact) mass is 465 g/mol. The lowest BCUT2D eigenvalue weighted by atomic mass is 10.0. The summed E-state index contributed by atoms with van der Waals surface area (Å²) in [6.07, 6.45) is 1.53. The number of aliphatic carboxylic acids is 1. The number of carbonyl (C=O) groups is 5. The van der Waals surface area contributed by atoms with Crippen molar-refractivity contribution in [3.05, 3.63) is 0 Å². The van der Waals surface area contributed by atoms with E-state index in [0.29, 0.717) is 12.2 Å². The maximum Gasteiger partial charge on any atom is 0.326 e. The summed E-state index contributed by atoms with van der Waals surface area (Å²) in [5.41, 5.74) is 10.8. The van der Waals surface area contributed by atoms with Crippen molar-refractivity contribution in [2.24, 2.45) is 17.4 Å². The summed E-state index contributed by atoms with van der Waals surface area (Å²) in [5, 5.41) is 16.3. The van der Waals surface area contributed by atoms with Crippen LogP contribution in [0, 0.1) is 5.92 Å². The molecule has 0 heterocycles. The maximum atomic E-state index is 12.7. The smallest absolute Gasteiger partial charge is 0.326 e. The van der Waals surface area contributed by atoms with Crippen molar-refractivity contribution in [2.75, 3.05) is 17.8 Å². The number of thioether (sulfide) groups is 1. The Kier molecular flexibility index (Phi) is 13.2. The van der Waals surface area contributed by atoms with Gasteiger partial charge in [0.25, 0.3) is 0 Å². The summed E-state index contributed by atoms with van der Waals surface area (Å²) in [7, 11) is 0. The molecule has 172 valence electrons. The molecule has 13 heteroatoms. The van der Waals surface area contributed by atoms with E-state index in [-0.39, 0.29) is 11.7 Å². The van der Waals surface area contributed by atoms with Gasteiger partial charge in [0.1, 0.15) is 18.1 Å². The van der Waals surface area contributed by atoms with Crippen molar-refractivity contribution < 1.29 is 29.1 Å². The van der Waals surface area contributed by atoms with E-state index >= 15 is 0 Å². The fourth-order valence-corrected chi connectivity index (χ4v) is 2.94. The zero-order chi connectivity index (χ0) is 23.4. The Morgan fingerprint density at radius 2 is 1.47 bits per heavy atom. The van der Waals surface area contributed by atoms with E-state index in [2.05, 4.69) is 28.6 Å². The first-order valence-corrected chi connectivity index (χ1v) is 11.2. The van der Waals surface area contributed by atoms with Gasteiger partial charge in [-0.15, -0.1) is 0 Å². The van der Waals surface area contributed by atoms with E-state index in [1.807, 2.05) is 6.26 Å². The highest BCUT2D eigenvalue weighted by Crippen LogP contribution is 2.05. The zero-order valence-electron chi connectivity index (χ0n) is 17.2. The minimum Gasteiger partial charge on any atom is -0.480 e. The highest BCUT2D eigenvalue weighted by molar-refractivity contribution is 7.98. The van der Waals surface area contributed by atoms with Crippen molar-refractivity contribution in [3.8, 4) is 0 Å². The first kappa shape index (κ1) is 28.0. The van der Waals surface area contributed by atoms with Crippen LogP contribution in [0.15, 0.2) is 0 Å². The Bertz CT molecular complexity index is 634. The minimum atomic E-state index is -1.54. The van der Waals surface area contributed by atoms with Gasteiger partial charge in [-0.2, -0.15) is 24.4 Å². The molecule has 8 N–H and O–H groups in total. The average Bonchev–Trinajstić information content (AvgIpc) is 2.66. The predicted molar refractivity (Wildman–Crippen MR) is 117 cm³/mol. The van der Waals surface area contributed by atoms with Gasteiger partial charge >= 0.3 is 5.97 Å². The Hall–Kier alpha value is -1.99. The van der Waals surface area contributed by atoms with Crippen LogP contribution in [0.4, 0.5) is 0 Å². The van der Waals surface area contributed by atoms with Crippen LogP contribution in [0.2, 0.25) is 0 Å². The van der Waals surface area contributed by atoms with Crippen LogP contribution < -0.4 is 27.4 Å². The van der Waals surface area contributed by atoms with Crippen LogP contribution >= 0.6 is 24.4 Å². The fraction of sp³-hybridized carbons (Fsp3) is 0.706. The molecule has 0 aliphatic rings. The van der Waals surface area contributed by atoms with E-state index in [1.54, 1.807) is 13.8 Å². The number of nitrogens with two attached hydrogens (primary N) is 2. The molecule has 0 aliphatic heterocycles. The van der Waals surface area contributed by atoms with Crippen LogP contribution in [0.25, 0.3) is 0 Å². The fourth-order valence-electron chi connectivity index (χ4n) is 2.22. The molecule has 0 radical (unpaired) electrons. The molecule has 4 atom stereocenters. The summed E-state index contributed by atoms with van der Waals surface area (Å²) in [6, 6.07) is -4.47. The van der Waals surface area contributed by atoms with Crippen LogP contribution in [-0.2, 0) is 24.0 Å². The molecule has 11 nitrogen and oxygen atoms in total. The van der Waals surface area contributed by atoms with Crippen molar-refractivity contribution >= 4 is 54.0 Å². The largest absolute Gasteiger partial charge is 0.480 e. The number of nitrogens with one attached hydrogen (secondary N) is 3. The van der Waals surface area contributed by atoms with E-state index in [4.69, 9.17) is 16.6 Å². The summed E-state index contributed by atoms with van der Waals surface area (Å²) < 4.78 is 0. The number of carbonyl (C=O) groups excluding carboxylic acids is 4. The van der Waals surface area contributed by atoms with Gasteiger partial charge in [0.05, 0.1) is 12.5 Å². The Morgan fingerprint density at radius 1 is 0.967 bits per heavy atom. The average molecular weight is 466 g/mol. The van der Waals surface area contributed by atoms with Crippen molar-refractivity contribution in [1.82, 2.24) is 16.0 Å². The maximum absolute atomic E-state index is 12.7. The van der Waals surface area contributed by atoms with Gasteiger partial charge in [-0.3, -0.25) is 19.2 Å². The highest BCUT2D eigenvalue weighted by atomic mass is 32.2. The second kappa shape index (κ2) is 14.1. The molecule has 0 aliphatic carbocycles. The summed E-state index contributed by atoms with van der Waals surface area (Å²) >= 11 is 5.49. The molecular weight excluding hydrogens is 434 g/mol. The molecule has 0 bridgehead atoms. The van der Waals surface area contributed by atoms with Gasteiger partial charge < -0.3 is 32.5 Å². The Morgan fingerprint density at radius 3 is 1.90 bits per heavy atom. The second-order valence-electron chi connectivity index (χ2n) is 6.93. The third kappa shape index (κ3) is 10.2. The van der Waals surface area contributed by atoms with Crippen molar-refractivity contribution in [2.45, 2.75) is 50.9 Å². The number of hydrogen-bond acceptors (Lipinski definition) is 8. The zero-order valence-corrected chi connectivity index (χ0v) is 18.9. The molecule has 30 heavy (non-hydrogen) atoms. The van der Waals surface area contributed by atoms with Crippen LogP contribution in [-0.4, -0.2) is 76.6 Å². The third-order valence-corrected chi connectivity index (χ3v) is 5.11. The lowest BCUT2D eigenvalue weighted by Crippen LogP contribution is -2.58. The molecule has 4 unspecified atom stereocenters. The molecule has 0 spiro atoms. The molecule has 4 amide bonds. The minimum absolute atomic E-state index is 0.136. The second-order valence-corrected chi connectivity index (χ2v) is 8.28. The van der Waals surface area contributed by atoms with Gasteiger partial charge in [-0.1, -0.05) is 13.8 Å². The lowest BCUT2D eigenvalue weighted by molar-refractivity contribution is -0.143. The number of amides is 4. The Labute approximate surface area is 185 Å². The van der Waals surface area contributed by atoms with Gasteiger partial charge in [-0.25, -0.2) is 4.79 Å². The number of rotatable bonds is 14. The quantitative estimate of drug-likeness (QED) is 0.144. The van der Waals surface area contributed by atoms with E-state index < -0.39 is 60.2 Å². The first-order chi connectivity index (χ1) is 13.9. The summed E-state index contributed by atoms with van der Waals surface area (Å²) in [4.78, 5) is 59.4. The highest BCUT2D eigenvalue weighted by Gasteiger charge is 2.30. The number of thiol groups is 1. The predicted octanol–water partition coefficient (Wildman–Crippen LogP) is -1.93. The molecule has 0 aromatic rings. The van der Waals surface area contributed by atoms with Crippen LogP contribution in [0.1, 0.15) is 26.7 Å². The Balaban J connectivity index is 5.21. The SMILES string of the molecule is CSCCC(NC(=O)C(N)C(C)C)C(=O)NC(CS)C(=O)NC(CC(N)=O)C(=O)O. The number of primary amides is 1. The van der Waals surface area contributed by atoms with Gasteiger partial charge in [0.15, 0.2) is 0 Å². The number of hydrogen-bond donors (Lipinski definition) is 7. The molecule has 0 fully saturated rings. The van der Waals surface area contributed by atoms with Crippen molar-refractivity contribution in [1.29, 1.82) is 0 Å². The molecule has 0 aromatic carbocycles. The topological polar surface area (TPSA) is 194 Å². The molecule has 0 rings (SSSR count). The summed E-state index contributed by atoms with van der Waals surface area (Å²) in [6.45, 7) is 3.54. The summed E-state index contributed by atoms with van der Waals surface area (Å²) in [5.74, 6) is -4.05. The van der Waals surface area contributed by atoms with E-state index in [0.717, 1.165) is 0 Å². The molecule has 0 saturated heterocycles. The molecular formula is C17H31N5O6S2. The number of carboxylic acids is 1. The van der Waals surface area contributed by atoms with Crippen LogP contribution in [0.5, 0.6) is 0 Å². The van der Waals surface area contributed by atoms with Gasteiger partial charge in [-0.05, 0) is 24.3 Å². The van der Waals surface area contributed by atoms with E-state index in [9.17, 15) is 24.0 Å². The molecule has 0 aromatic heterocycles.